The van der Waals surface area contributed by atoms with Crippen LogP contribution in [0.3, 0.4) is 0 Å². The molecule has 0 heterocycles. The van der Waals surface area contributed by atoms with Gasteiger partial charge in [0.1, 0.15) is 11.6 Å². The first-order valence-electron chi connectivity index (χ1n) is 5.61. The zero-order valence-corrected chi connectivity index (χ0v) is 12.6. The van der Waals surface area contributed by atoms with Gasteiger partial charge in [-0.25, -0.2) is 4.39 Å². The van der Waals surface area contributed by atoms with Crippen LogP contribution in [0.25, 0.3) is 0 Å². The maximum absolute atomic E-state index is 13.6. The van der Waals surface area contributed by atoms with Gasteiger partial charge in [-0.2, -0.15) is 0 Å². The Morgan fingerprint density at radius 2 is 2.05 bits per heavy atom. The normalized spacial score (nSPS) is 10.3. The van der Waals surface area contributed by atoms with Gasteiger partial charge in [0.05, 0.1) is 17.8 Å². The Kier molecular flexibility index (Phi) is 4.66. The minimum Gasteiger partial charge on any atom is -0.497 e. The van der Waals surface area contributed by atoms with Crippen molar-refractivity contribution in [1.29, 1.82) is 0 Å². The van der Waals surface area contributed by atoms with Gasteiger partial charge >= 0.3 is 0 Å². The van der Waals surface area contributed by atoms with E-state index in [2.05, 4.69) is 21.2 Å². The second kappa shape index (κ2) is 6.26. The average molecular weight is 345 g/mol. The molecule has 0 spiro atoms. The van der Waals surface area contributed by atoms with Crippen LogP contribution >= 0.6 is 27.5 Å². The molecule has 2 nitrogen and oxygen atoms in total. The van der Waals surface area contributed by atoms with E-state index < -0.39 is 0 Å². The van der Waals surface area contributed by atoms with Crippen LogP contribution in [-0.2, 0) is 6.54 Å². The second-order valence-electron chi connectivity index (χ2n) is 3.95. The van der Waals surface area contributed by atoms with Crippen molar-refractivity contribution in [2.45, 2.75) is 6.54 Å². The molecule has 0 aromatic heterocycles. The van der Waals surface area contributed by atoms with Crippen molar-refractivity contribution in [1.82, 2.24) is 0 Å². The fourth-order valence-electron chi connectivity index (χ4n) is 1.61. The highest BCUT2D eigenvalue weighted by atomic mass is 79.9. The van der Waals surface area contributed by atoms with Crippen LogP contribution in [0.5, 0.6) is 5.75 Å². The predicted molar refractivity (Wildman–Crippen MR) is 79.4 cm³/mol. The first-order valence-corrected chi connectivity index (χ1v) is 6.78. The zero-order valence-electron chi connectivity index (χ0n) is 10.2. The third-order valence-electron chi connectivity index (χ3n) is 2.64. The Hall–Kier alpha value is -1.26. The third-order valence-corrected chi connectivity index (χ3v) is 3.87. The molecule has 0 unspecified atom stereocenters. The standard InChI is InChI=1S/C14H12BrClFNO/c1-19-10-3-5-13(17)14(7-10)18-8-9-2-4-11(15)12(16)6-9/h2-7,18H,8H2,1H3. The number of rotatable bonds is 4. The summed E-state index contributed by atoms with van der Waals surface area (Å²) in [5.74, 6) is 0.293. The molecule has 0 radical (unpaired) electrons. The molecule has 0 atom stereocenters. The number of halogens is 3. The van der Waals surface area contributed by atoms with Crippen LogP contribution in [-0.4, -0.2) is 7.11 Å². The number of ether oxygens (including phenoxy) is 1. The molecule has 0 amide bonds. The van der Waals surface area contributed by atoms with Crippen molar-refractivity contribution < 1.29 is 9.13 Å². The molecule has 2 aromatic rings. The summed E-state index contributed by atoms with van der Waals surface area (Å²) in [5, 5.41) is 3.65. The Morgan fingerprint density at radius 3 is 2.74 bits per heavy atom. The van der Waals surface area contributed by atoms with Gasteiger partial charge in [-0.05, 0) is 45.8 Å². The Morgan fingerprint density at radius 1 is 1.26 bits per heavy atom. The van der Waals surface area contributed by atoms with Gasteiger partial charge in [-0.3, -0.25) is 0 Å². The highest BCUT2D eigenvalue weighted by Gasteiger charge is 2.04. The molecule has 1 N–H and O–H groups in total. The molecule has 5 heteroatoms. The van der Waals surface area contributed by atoms with E-state index in [1.54, 1.807) is 19.2 Å². The van der Waals surface area contributed by atoms with E-state index in [0.29, 0.717) is 23.0 Å². The van der Waals surface area contributed by atoms with Crippen LogP contribution in [0, 0.1) is 5.82 Å². The molecule has 0 bridgehead atoms. The molecule has 0 aliphatic rings. The monoisotopic (exact) mass is 343 g/mol. The minimum absolute atomic E-state index is 0.316. The predicted octanol–water partition coefficient (Wildman–Crippen LogP) is 4.86. The topological polar surface area (TPSA) is 21.3 Å². The van der Waals surface area contributed by atoms with E-state index in [-0.39, 0.29) is 5.82 Å². The van der Waals surface area contributed by atoms with Gasteiger partial charge in [0, 0.05) is 17.1 Å². The lowest BCUT2D eigenvalue weighted by Gasteiger charge is -2.10. The summed E-state index contributed by atoms with van der Waals surface area (Å²) in [4.78, 5) is 0. The molecule has 0 aliphatic heterocycles. The summed E-state index contributed by atoms with van der Waals surface area (Å²) in [7, 11) is 1.55. The first-order chi connectivity index (χ1) is 9.10. The van der Waals surface area contributed by atoms with Crippen LogP contribution in [0.2, 0.25) is 5.02 Å². The smallest absolute Gasteiger partial charge is 0.146 e. The summed E-state index contributed by atoms with van der Waals surface area (Å²) < 4.78 is 19.5. The second-order valence-corrected chi connectivity index (χ2v) is 5.21. The quantitative estimate of drug-likeness (QED) is 0.855. The van der Waals surface area contributed by atoms with Crippen molar-refractivity contribution in [2.24, 2.45) is 0 Å². The van der Waals surface area contributed by atoms with E-state index in [9.17, 15) is 4.39 Å². The molecule has 100 valence electrons. The molecule has 0 aliphatic carbocycles. The lowest BCUT2D eigenvalue weighted by Crippen LogP contribution is -2.02. The van der Waals surface area contributed by atoms with Crippen LogP contribution in [0.1, 0.15) is 5.56 Å². The van der Waals surface area contributed by atoms with Crippen molar-refractivity contribution in [3.63, 3.8) is 0 Å². The molecule has 2 rings (SSSR count). The van der Waals surface area contributed by atoms with E-state index in [1.165, 1.54) is 6.07 Å². The summed E-state index contributed by atoms with van der Waals surface area (Å²) >= 11 is 9.33. The van der Waals surface area contributed by atoms with Crippen LogP contribution in [0.4, 0.5) is 10.1 Å². The SMILES string of the molecule is COc1ccc(F)c(NCc2ccc(Br)c(Cl)c2)c1. The molecular weight excluding hydrogens is 333 g/mol. The average Bonchev–Trinajstić information content (AvgIpc) is 2.41. The fourth-order valence-corrected chi connectivity index (χ4v) is 2.06. The Bertz CT molecular complexity index is 592. The molecule has 0 saturated heterocycles. The van der Waals surface area contributed by atoms with Crippen molar-refractivity contribution in [3.05, 3.63) is 57.3 Å². The van der Waals surface area contributed by atoms with Crippen molar-refractivity contribution in [3.8, 4) is 5.75 Å². The number of anilines is 1. The highest BCUT2D eigenvalue weighted by Crippen LogP contribution is 2.25. The van der Waals surface area contributed by atoms with Crippen molar-refractivity contribution in [2.75, 3.05) is 12.4 Å². The summed E-state index contributed by atoms with van der Waals surface area (Å²) in [6, 6.07) is 10.2. The molecule has 2 aromatic carbocycles. The van der Waals surface area contributed by atoms with Gasteiger partial charge in [0.15, 0.2) is 0 Å². The van der Waals surface area contributed by atoms with Gasteiger partial charge in [-0.1, -0.05) is 17.7 Å². The fraction of sp³-hybridized carbons (Fsp3) is 0.143. The number of hydrogen-bond donors (Lipinski definition) is 1. The maximum atomic E-state index is 13.6. The molecule has 0 fully saturated rings. The van der Waals surface area contributed by atoms with Crippen LogP contribution in [0.15, 0.2) is 40.9 Å². The van der Waals surface area contributed by atoms with Gasteiger partial charge in [0.25, 0.3) is 0 Å². The van der Waals surface area contributed by atoms with Gasteiger partial charge in [-0.15, -0.1) is 0 Å². The van der Waals surface area contributed by atoms with Gasteiger partial charge in [0.2, 0.25) is 0 Å². The van der Waals surface area contributed by atoms with E-state index in [0.717, 1.165) is 10.0 Å². The summed E-state index contributed by atoms with van der Waals surface area (Å²) in [6.45, 7) is 0.483. The Balaban J connectivity index is 2.11. The number of hydrogen-bond acceptors (Lipinski definition) is 2. The summed E-state index contributed by atoms with van der Waals surface area (Å²) in [6.07, 6.45) is 0. The Labute approximate surface area is 124 Å². The number of nitrogens with one attached hydrogen (secondary N) is 1. The molecule has 19 heavy (non-hydrogen) atoms. The lowest BCUT2D eigenvalue weighted by atomic mass is 10.2. The van der Waals surface area contributed by atoms with Gasteiger partial charge < -0.3 is 10.1 Å². The maximum Gasteiger partial charge on any atom is 0.146 e. The third kappa shape index (κ3) is 3.61. The van der Waals surface area contributed by atoms with E-state index in [4.69, 9.17) is 16.3 Å². The first kappa shape index (κ1) is 14.2. The zero-order chi connectivity index (χ0) is 13.8. The molecular formula is C14H12BrClFNO. The van der Waals surface area contributed by atoms with E-state index in [1.807, 2.05) is 18.2 Å². The largest absolute Gasteiger partial charge is 0.497 e. The van der Waals surface area contributed by atoms with Crippen molar-refractivity contribution >= 4 is 33.2 Å². The molecule has 0 saturated carbocycles. The van der Waals surface area contributed by atoms with E-state index >= 15 is 0 Å². The number of benzene rings is 2. The minimum atomic E-state index is -0.316. The lowest BCUT2D eigenvalue weighted by molar-refractivity contribution is 0.414. The summed E-state index contributed by atoms with van der Waals surface area (Å²) in [5.41, 5.74) is 1.37. The van der Waals surface area contributed by atoms with Crippen LogP contribution < -0.4 is 10.1 Å². The number of methoxy groups -OCH3 is 1. The highest BCUT2D eigenvalue weighted by molar-refractivity contribution is 9.10.